The van der Waals surface area contributed by atoms with E-state index in [1.54, 1.807) is 0 Å². The molecule has 1 saturated heterocycles. The van der Waals surface area contributed by atoms with Gasteiger partial charge in [0.25, 0.3) is 0 Å². The number of hydrogen-bond acceptors (Lipinski definition) is 2. The summed E-state index contributed by atoms with van der Waals surface area (Å²) in [7, 11) is 2.06. The molecular weight excluding hydrogens is 208 g/mol. The molecule has 0 bridgehead atoms. The summed E-state index contributed by atoms with van der Waals surface area (Å²) in [5.41, 5.74) is 3.02. The molecular formula is C15H24N2. The lowest BCUT2D eigenvalue weighted by Crippen LogP contribution is -2.38. The van der Waals surface area contributed by atoms with Crippen molar-refractivity contribution in [3.05, 3.63) is 29.8 Å². The van der Waals surface area contributed by atoms with Crippen molar-refractivity contribution in [2.75, 3.05) is 18.5 Å². The molecule has 0 saturated carbocycles. The van der Waals surface area contributed by atoms with Crippen molar-refractivity contribution < 1.29 is 0 Å². The van der Waals surface area contributed by atoms with Gasteiger partial charge in [0.2, 0.25) is 0 Å². The lowest BCUT2D eigenvalue weighted by atomic mass is 9.99. The van der Waals surface area contributed by atoms with Gasteiger partial charge in [0.1, 0.15) is 0 Å². The van der Waals surface area contributed by atoms with Crippen molar-refractivity contribution in [1.82, 2.24) is 5.32 Å². The van der Waals surface area contributed by atoms with Crippen LogP contribution in [-0.4, -0.2) is 25.2 Å². The molecule has 1 aromatic carbocycles. The van der Waals surface area contributed by atoms with Gasteiger partial charge < -0.3 is 10.2 Å². The Morgan fingerprint density at radius 3 is 2.41 bits per heavy atom. The van der Waals surface area contributed by atoms with Crippen molar-refractivity contribution in [2.45, 2.75) is 45.2 Å². The molecule has 94 valence electrons. The van der Waals surface area contributed by atoms with Gasteiger partial charge in [0, 0.05) is 23.8 Å². The van der Waals surface area contributed by atoms with Gasteiger partial charge in [-0.2, -0.15) is 0 Å². The topological polar surface area (TPSA) is 15.3 Å². The Balaban J connectivity index is 2.20. The average molecular weight is 232 g/mol. The first kappa shape index (κ1) is 12.4. The highest BCUT2D eigenvalue weighted by Gasteiger charge is 2.37. The lowest BCUT2D eigenvalue weighted by molar-refractivity contribution is 0.487. The Kier molecular flexibility index (Phi) is 3.43. The monoisotopic (exact) mass is 232 g/mol. The first-order chi connectivity index (χ1) is 8.06. The summed E-state index contributed by atoms with van der Waals surface area (Å²) < 4.78 is 0. The van der Waals surface area contributed by atoms with E-state index in [2.05, 4.69) is 62.3 Å². The molecule has 0 spiro atoms. The Morgan fingerprint density at radius 1 is 1.29 bits per heavy atom. The van der Waals surface area contributed by atoms with Crippen molar-refractivity contribution >= 4 is 5.69 Å². The third-order valence-corrected chi connectivity index (χ3v) is 3.94. The minimum atomic E-state index is 0.251. The quantitative estimate of drug-likeness (QED) is 0.862. The highest BCUT2D eigenvalue weighted by Crippen LogP contribution is 2.33. The van der Waals surface area contributed by atoms with Gasteiger partial charge in [-0.15, -0.1) is 0 Å². The molecule has 2 nitrogen and oxygen atoms in total. The highest BCUT2D eigenvalue weighted by molar-refractivity contribution is 5.51. The zero-order valence-electron chi connectivity index (χ0n) is 11.5. The summed E-state index contributed by atoms with van der Waals surface area (Å²) in [6.45, 7) is 7.97. The minimum Gasteiger partial charge on any atom is -0.365 e. The standard InChI is InChI=1S/C15H24N2/c1-5-12-6-8-14(9-7-12)17-11-13(16-4)10-15(17,2)3/h6-9,13,16H,5,10-11H2,1-4H3. The van der Waals surface area contributed by atoms with Crippen LogP contribution in [0.3, 0.4) is 0 Å². The number of hydrogen-bond donors (Lipinski definition) is 1. The normalized spacial score (nSPS) is 23.1. The van der Waals surface area contributed by atoms with E-state index in [1.807, 2.05) is 0 Å². The highest BCUT2D eigenvalue weighted by atomic mass is 15.2. The van der Waals surface area contributed by atoms with Crippen LogP contribution in [0.5, 0.6) is 0 Å². The van der Waals surface area contributed by atoms with Crippen molar-refractivity contribution in [2.24, 2.45) is 0 Å². The number of nitrogens with one attached hydrogen (secondary N) is 1. The average Bonchev–Trinajstić information content (AvgIpc) is 2.64. The Bertz CT molecular complexity index is 367. The van der Waals surface area contributed by atoms with E-state index in [0.717, 1.165) is 13.0 Å². The van der Waals surface area contributed by atoms with E-state index < -0.39 is 0 Å². The minimum absolute atomic E-state index is 0.251. The van der Waals surface area contributed by atoms with Gasteiger partial charge >= 0.3 is 0 Å². The third kappa shape index (κ3) is 2.47. The van der Waals surface area contributed by atoms with Gasteiger partial charge in [0.05, 0.1) is 0 Å². The predicted molar refractivity (Wildman–Crippen MR) is 74.7 cm³/mol. The summed E-state index contributed by atoms with van der Waals surface area (Å²) in [5, 5.41) is 3.40. The summed E-state index contributed by atoms with van der Waals surface area (Å²) in [6, 6.07) is 9.63. The number of likely N-dealkylation sites (N-methyl/N-ethyl adjacent to an activating group) is 1. The molecule has 1 heterocycles. The second kappa shape index (κ2) is 4.69. The first-order valence-electron chi connectivity index (χ1n) is 6.60. The van der Waals surface area contributed by atoms with E-state index in [1.165, 1.54) is 17.7 Å². The van der Waals surface area contributed by atoms with E-state index in [-0.39, 0.29) is 5.54 Å². The molecule has 0 aliphatic carbocycles. The fraction of sp³-hybridized carbons (Fsp3) is 0.600. The molecule has 0 radical (unpaired) electrons. The first-order valence-corrected chi connectivity index (χ1v) is 6.60. The lowest BCUT2D eigenvalue weighted by Gasteiger charge is -2.33. The number of benzene rings is 1. The van der Waals surface area contributed by atoms with Crippen LogP contribution in [0.25, 0.3) is 0 Å². The van der Waals surface area contributed by atoms with Crippen LogP contribution in [0.1, 0.15) is 32.8 Å². The summed E-state index contributed by atoms with van der Waals surface area (Å²) in [5.74, 6) is 0. The second-order valence-corrected chi connectivity index (χ2v) is 5.63. The van der Waals surface area contributed by atoms with E-state index in [0.29, 0.717) is 6.04 Å². The van der Waals surface area contributed by atoms with Crippen LogP contribution in [0.2, 0.25) is 0 Å². The third-order valence-electron chi connectivity index (χ3n) is 3.94. The smallest absolute Gasteiger partial charge is 0.0371 e. The van der Waals surface area contributed by atoms with Gasteiger partial charge in [-0.1, -0.05) is 19.1 Å². The molecule has 1 atom stereocenters. The zero-order chi connectivity index (χ0) is 12.5. The van der Waals surface area contributed by atoms with E-state index in [9.17, 15) is 0 Å². The molecule has 2 heteroatoms. The maximum Gasteiger partial charge on any atom is 0.0371 e. The molecule has 0 amide bonds. The maximum atomic E-state index is 3.40. The van der Waals surface area contributed by atoms with E-state index >= 15 is 0 Å². The molecule has 1 aliphatic rings. The molecule has 0 aromatic heterocycles. The molecule has 1 N–H and O–H groups in total. The van der Waals surface area contributed by atoms with Crippen LogP contribution in [0.4, 0.5) is 5.69 Å². The summed E-state index contributed by atoms with van der Waals surface area (Å²) >= 11 is 0. The number of rotatable bonds is 3. The van der Waals surface area contributed by atoms with Crippen LogP contribution < -0.4 is 10.2 Å². The van der Waals surface area contributed by atoms with Crippen LogP contribution in [0, 0.1) is 0 Å². The van der Waals surface area contributed by atoms with Gasteiger partial charge in [-0.3, -0.25) is 0 Å². The summed E-state index contributed by atoms with van der Waals surface area (Å²) in [4.78, 5) is 2.52. The maximum absolute atomic E-state index is 3.40. The number of nitrogens with zero attached hydrogens (tertiary/aromatic N) is 1. The largest absolute Gasteiger partial charge is 0.365 e. The molecule has 2 rings (SSSR count). The fourth-order valence-corrected chi connectivity index (χ4v) is 2.81. The SMILES string of the molecule is CCc1ccc(N2CC(NC)CC2(C)C)cc1. The molecule has 17 heavy (non-hydrogen) atoms. The van der Waals surface area contributed by atoms with Gasteiger partial charge in [0.15, 0.2) is 0 Å². The van der Waals surface area contributed by atoms with Crippen LogP contribution in [-0.2, 0) is 6.42 Å². The zero-order valence-corrected chi connectivity index (χ0v) is 11.5. The van der Waals surface area contributed by atoms with Crippen molar-refractivity contribution in [1.29, 1.82) is 0 Å². The Morgan fingerprint density at radius 2 is 1.94 bits per heavy atom. The number of aryl methyl sites for hydroxylation is 1. The molecule has 1 aliphatic heterocycles. The second-order valence-electron chi connectivity index (χ2n) is 5.63. The molecule has 1 aromatic rings. The Hall–Kier alpha value is -1.02. The summed E-state index contributed by atoms with van der Waals surface area (Å²) in [6.07, 6.45) is 2.32. The van der Waals surface area contributed by atoms with Crippen molar-refractivity contribution in [3.8, 4) is 0 Å². The van der Waals surface area contributed by atoms with E-state index in [4.69, 9.17) is 0 Å². The Labute approximate surface area is 105 Å². The van der Waals surface area contributed by atoms with Crippen molar-refractivity contribution in [3.63, 3.8) is 0 Å². The number of anilines is 1. The van der Waals surface area contributed by atoms with Crippen LogP contribution in [0.15, 0.2) is 24.3 Å². The predicted octanol–water partition coefficient (Wildman–Crippen LogP) is 2.83. The van der Waals surface area contributed by atoms with Gasteiger partial charge in [-0.05, 0) is 51.4 Å². The molecule has 1 unspecified atom stereocenters. The fourth-order valence-electron chi connectivity index (χ4n) is 2.81. The van der Waals surface area contributed by atoms with Gasteiger partial charge in [-0.25, -0.2) is 0 Å². The van der Waals surface area contributed by atoms with Crippen LogP contribution >= 0.6 is 0 Å². The molecule has 1 fully saturated rings.